The second kappa shape index (κ2) is 6.15. The molecule has 0 aliphatic rings. The zero-order valence-electron chi connectivity index (χ0n) is 12.2. The van der Waals surface area contributed by atoms with Crippen LogP contribution in [0.15, 0.2) is 61.2 Å². The molecule has 3 rings (SSSR count). The van der Waals surface area contributed by atoms with Crippen molar-refractivity contribution in [3.8, 4) is 5.69 Å². The summed E-state index contributed by atoms with van der Waals surface area (Å²) in [5, 5.41) is 6.49. The van der Waals surface area contributed by atoms with Crippen molar-refractivity contribution in [2.24, 2.45) is 0 Å². The van der Waals surface area contributed by atoms with Crippen LogP contribution in [0.5, 0.6) is 0 Å². The third-order valence-corrected chi connectivity index (χ3v) is 3.27. The van der Waals surface area contributed by atoms with Crippen molar-refractivity contribution in [2.75, 3.05) is 5.32 Å². The average molecular weight is 332 g/mol. The number of carbonyl (C=O) groups excluding carboxylic acids is 1. The van der Waals surface area contributed by atoms with E-state index in [0.29, 0.717) is 5.69 Å². The van der Waals surface area contributed by atoms with E-state index in [1.807, 2.05) is 0 Å². The van der Waals surface area contributed by atoms with E-state index >= 15 is 0 Å². The molecular weight excluding hydrogens is 321 g/mol. The maximum atomic E-state index is 13.0. The number of anilines is 1. The van der Waals surface area contributed by atoms with E-state index in [1.54, 1.807) is 12.3 Å². The minimum Gasteiger partial charge on any atom is -0.320 e. The van der Waals surface area contributed by atoms with Crippen LogP contribution in [0.3, 0.4) is 0 Å². The highest BCUT2D eigenvalue weighted by Crippen LogP contribution is 2.33. The second-order valence-electron chi connectivity index (χ2n) is 4.87. The molecule has 0 saturated carbocycles. The maximum Gasteiger partial charge on any atom is 0.416 e. The van der Waals surface area contributed by atoms with Crippen LogP contribution in [0.4, 0.5) is 18.9 Å². The fourth-order valence-corrected chi connectivity index (χ4v) is 2.12. The zero-order valence-corrected chi connectivity index (χ0v) is 12.2. The normalized spacial score (nSPS) is 11.3. The third kappa shape index (κ3) is 3.27. The van der Waals surface area contributed by atoms with Crippen LogP contribution in [0.25, 0.3) is 5.69 Å². The van der Waals surface area contributed by atoms with Gasteiger partial charge in [-0.1, -0.05) is 0 Å². The predicted octanol–water partition coefficient (Wildman–Crippen LogP) is 3.54. The third-order valence-electron chi connectivity index (χ3n) is 3.27. The highest BCUT2D eigenvalue weighted by molar-refractivity contribution is 6.05. The van der Waals surface area contributed by atoms with Crippen LogP contribution in [-0.2, 0) is 6.18 Å². The Hall–Kier alpha value is -3.16. The van der Waals surface area contributed by atoms with E-state index in [1.165, 1.54) is 41.5 Å². The van der Waals surface area contributed by atoms with Gasteiger partial charge in [0, 0.05) is 30.4 Å². The molecule has 0 fully saturated rings. The molecule has 2 heterocycles. The van der Waals surface area contributed by atoms with Crippen LogP contribution in [0.1, 0.15) is 15.9 Å². The van der Waals surface area contributed by atoms with Crippen molar-refractivity contribution in [3.63, 3.8) is 0 Å². The number of alkyl halides is 3. The number of aromatic nitrogens is 3. The van der Waals surface area contributed by atoms with Crippen LogP contribution in [0, 0.1) is 0 Å². The van der Waals surface area contributed by atoms with E-state index in [-0.39, 0.29) is 11.3 Å². The lowest BCUT2D eigenvalue weighted by atomic mass is 10.1. The maximum absolute atomic E-state index is 13.0. The fraction of sp³-hybridized carbons (Fsp3) is 0.0625. The Bertz CT molecular complexity index is 846. The van der Waals surface area contributed by atoms with Crippen molar-refractivity contribution in [2.45, 2.75) is 6.18 Å². The van der Waals surface area contributed by atoms with Crippen molar-refractivity contribution in [3.05, 3.63) is 72.3 Å². The summed E-state index contributed by atoms with van der Waals surface area (Å²) in [6.45, 7) is 0. The summed E-state index contributed by atoms with van der Waals surface area (Å²) in [4.78, 5) is 16.0. The van der Waals surface area contributed by atoms with Gasteiger partial charge in [-0.15, -0.1) is 0 Å². The molecule has 0 saturated heterocycles. The molecule has 2 aromatic heterocycles. The van der Waals surface area contributed by atoms with Gasteiger partial charge < -0.3 is 5.32 Å². The van der Waals surface area contributed by atoms with Gasteiger partial charge in [-0.2, -0.15) is 18.3 Å². The summed E-state index contributed by atoms with van der Waals surface area (Å²) in [6, 6.07) is 7.66. The first kappa shape index (κ1) is 15.7. The number of amides is 1. The van der Waals surface area contributed by atoms with E-state index in [2.05, 4.69) is 15.4 Å². The number of pyridine rings is 1. The van der Waals surface area contributed by atoms with Gasteiger partial charge >= 0.3 is 6.18 Å². The van der Waals surface area contributed by atoms with E-state index in [9.17, 15) is 18.0 Å². The smallest absolute Gasteiger partial charge is 0.320 e. The van der Waals surface area contributed by atoms with Gasteiger partial charge in [-0.05, 0) is 36.4 Å². The number of halogens is 3. The van der Waals surface area contributed by atoms with Gasteiger partial charge in [0.05, 0.1) is 16.9 Å². The van der Waals surface area contributed by atoms with Crippen molar-refractivity contribution in [1.29, 1.82) is 0 Å². The molecule has 0 unspecified atom stereocenters. The number of nitrogens with zero attached hydrogens (tertiary/aromatic N) is 3. The highest BCUT2D eigenvalue weighted by Gasteiger charge is 2.31. The van der Waals surface area contributed by atoms with Crippen LogP contribution in [0.2, 0.25) is 0 Å². The Kier molecular flexibility index (Phi) is 4.03. The van der Waals surface area contributed by atoms with Crippen LogP contribution < -0.4 is 5.32 Å². The topological polar surface area (TPSA) is 59.8 Å². The number of carbonyl (C=O) groups is 1. The Morgan fingerprint density at radius 3 is 2.46 bits per heavy atom. The van der Waals surface area contributed by atoms with Crippen molar-refractivity contribution >= 4 is 11.6 Å². The number of hydrogen-bond donors (Lipinski definition) is 1. The summed E-state index contributed by atoms with van der Waals surface area (Å²) in [6.07, 6.45) is 1.40. The van der Waals surface area contributed by atoms with Gasteiger partial charge in [0.25, 0.3) is 5.91 Å². The predicted molar refractivity (Wildman–Crippen MR) is 80.8 cm³/mol. The Labute approximate surface area is 134 Å². The molecule has 0 atom stereocenters. The fourth-order valence-electron chi connectivity index (χ4n) is 2.12. The molecule has 1 amide bonds. The van der Waals surface area contributed by atoms with Gasteiger partial charge in [0.1, 0.15) is 0 Å². The zero-order chi connectivity index (χ0) is 17.2. The van der Waals surface area contributed by atoms with E-state index in [0.717, 1.165) is 12.1 Å². The molecule has 5 nitrogen and oxygen atoms in total. The molecule has 1 aromatic carbocycles. The molecular formula is C16H11F3N4O. The molecule has 1 N–H and O–H groups in total. The van der Waals surface area contributed by atoms with Gasteiger partial charge in [0.15, 0.2) is 0 Å². The second-order valence-corrected chi connectivity index (χ2v) is 4.87. The van der Waals surface area contributed by atoms with Crippen LogP contribution >= 0.6 is 0 Å². The van der Waals surface area contributed by atoms with Gasteiger partial charge in [-0.3, -0.25) is 9.78 Å². The van der Waals surface area contributed by atoms with Crippen molar-refractivity contribution < 1.29 is 18.0 Å². The molecule has 122 valence electrons. The Morgan fingerprint density at radius 2 is 1.83 bits per heavy atom. The van der Waals surface area contributed by atoms with E-state index in [4.69, 9.17) is 0 Å². The van der Waals surface area contributed by atoms with E-state index < -0.39 is 17.6 Å². The largest absolute Gasteiger partial charge is 0.416 e. The van der Waals surface area contributed by atoms with Gasteiger partial charge in [-0.25, -0.2) is 4.68 Å². The Balaban J connectivity index is 2.01. The average Bonchev–Trinajstić information content (AvgIpc) is 3.09. The molecule has 0 spiro atoms. The minimum atomic E-state index is -4.52. The Morgan fingerprint density at radius 1 is 1.08 bits per heavy atom. The summed E-state index contributed by atoms with van der Waals surface area (Å²) >= 11 is 0. The monoisotopic (exact) mass is 332 g/mol. The van der Waals surface area contributed by atoms with Gasteiger partial charge in [0.2, 0.25) is 0 Å². The lowest BCUT2D eigenvalue weighted by Crippen LogP contribution is -2.15. The first-order valence-corrected chi connectivity index (χ1v) is 6.88. The SMILES string of the molecule is O=C(Nc1cc(C(F)(F)F)ccc1-n1cccn1)c1ccncc1. The first-order chi connectivity index (χ1) is 11.4. The molecule has 0 aliphatic heterocycles. The summed E-state index contributed by atoms with van der Waals surface area (Å²) in [7, 11) is 0. The molecule has 24 heavy (non-hydrogen) atoms. The van der Waals surface area contributed by atoms with Crippen LogP contribution in [-0.4, -0.2) is 20.7 Å². The number of nitrogens with one attached hydrogen (secondary N) is 1. The number of hydrogen-bond acceptors (Lipinski definition) is 3. The standard InChI is InChI=1S/C16H11F3N4O/c17-16(18,19)12-2-3-14(23-9-1-6-21-23)13(10-12)22-15(24)11-4-7-20-8-5-11/h1-10H,(H,22,24). The summed E-state index contributed by atoms with van der Waals surface area (Å²) < 4.78 is 40.3. The molecule has 3 aromatic rings. The number of rotatable bonds is 3. The molecule has 8 heteroatoms. The number of benzene rings is 1. The lowest BCUT2D eigenvalue weighted by Gasteiger charge is -2.14. The molecule has 0 bridgehead atoms. The van der Waals surface area contributed by atoms with Crippen molar-refractivity contribution in [1.82, 2.24) is 14.8 Å². The molecule has 0 aliphatic carbocycles. The highest BCUT2D eigenvalue weighted by atomic mass is 19.4. The quantitative estimate of drug-likeness (QED) is 0.798. The first-order valence-electron chi connectivity index (χ1n) is 6.88. The minimum absolute atomic E-state index is 0.00957. The summed E-state index contributed by atoms with van der Waals surface area (Å²) in [5.74, 6) is -0.537. The summed E-state index contributed by atoms with van der Waals surface area (Å²) in [5.41, 5.74) is -0.233. The lowest BCUT2D eigenvalue weighted by molar-refractivity contribution is -0.137. The molecule has 0 radical (unpaired) electrons.